The van der Waals surface area contributed by atoms with Gasteiger partial charge < -0.3 is 0 Å². The highest BCUT2D eigenvalue weighted by Gasteiger charge is 2.09. The molecule has 0 fully saturated rings. The zero-order valence-electron chi connectivity index (χ0n) is 12.3. The van der Waals surface area contributed by atoms with E-state index in [1.54, 1.807) is 16.7 Å². The van der Waals surface area contributed by atoms with E-state index in [2.05, 4.69) is 15.0 Å². The van der Waals surface area contributed by atoms with Gasteiger partial charge in [0.2, 0.25) is 0 Å². The Morgan fingerprint density at radius 2 is 2.19 bits per heavy atom. The summed E-state index contributed by atoms with van der Waals surface area (Å²) in [6.07, 6.45) is 3.78. The molecule has 0 N–H and O–H groups in total. The van der Waals surface area contributed by atoms with E-state index < -0.39 is 0 Å². The lowest BCUT2D eigenvalue weighted by molar-refractivity contribution is 0.314. The summed E-state index contributed by atoms with van der Waals surface area (Å²) in [6, 6.07) is 1.60. The molecule has 0 radical (unpaired) electrons. The van der Waals surface area contributed by atoms with Crippen LogP contribution in [0, 0.1) is 6.92 Å². The number of nitrogens with zero attached hydrogens (tertiary/aromatic N) is 5. The lowest BCUT2D eigenvalue weighted by atomic mass is 10.2. The molecule has 0 bridgehead atoms. The molecule has 6 nitrogen and oxygen atoms in total. The number of hydrogen-bond acceptors (Lipinski definition) is 5. The van der Waals surface area contributed by atoms with Crippen LogP contribution in [0.5, 0.6) is 0 Å². The number of rotatable bonds is 4. The highest BCUT2D eigenvalue weighted by Crippen LogP contribution is 2.11. The first kappa shape index (κ1) is 14.0. The van der Waals surface area contributed by atoms with Crippen LogP contribution in [0.25, 0.3) is 4.96 Å². The van der Waals surface area contributed by atoms with Crippen LogP contribution in [0.4, 0.5) is 0 Å². The molecule has 0 amide bonds. The SMILES string of the molecule is Cc1nn(C)cc1CN(C)Cc1cc(=O)n2ccsc2n1. The van der Waals surface area contributed by atoms with E-state index in [-0.39, 0.29) is 5.56 Å². The second kappa shape index (κ2) is 5.42. The van der Waals surface area contributed by atoms with Gasteiger partial charge in [-0.2, -0.15) is 5.10 Å². The fourth-order valence-electron chi connectivity index (χ4n) is 2.40. The van der Waals surface area contributed by atoms with Crippen LogP contribution in [0.2, 0.25) is 0 Å². The van der Waals surface area contributed by atoms with Crippen molar-refractivity contribution in [2.24, 2.45) is 7.05 Å². The molecule has 3 rings (SSSR count). The average Bonchev–Trinajstić information content (AvgIpc) is 2.97. The first-order valence-electron chi connectivity index (χ1n) is 6.66. The summed E-state index contributed by atoms with van der Waals surface area (Å²) < 4.78 is 3.39. The minimum atomic E-state index is -0.0257. The van der Waals surface area contributed by atoms with Crippen molar-refractivity contribution < 1.29 is 0 Å². The van der Waals surface area contributed by atoms with Crippen LogP contribution in [-0.4, -0.2) is 31.1 Å². The summed E-state index contributed by atoms with van der Waals surface area (Å²) in [6.45, 7) is 3.43. The van der Waals surface area contributed by atoms with Crippen LogP contribution in [0.15, 0.2) is 28.6 Å². The third kappa shape index (κ3) is 2.88. The Morgan fingerprint density at radius 3 is 2.90 bits per heavy atom. The highest BCUT2D eigenvalue weighted by atomic mass is 32.1. The lowest BCUT2D eigenvalue weighted by Crippen LogP contribution is -2.21. The zero-order chi connectivity index (χ0) is 15.0. The van der Waals surface area contributed by atoms with Gasteiger partial charge in [-0.15, -0.1) is 11.3 Å². The Kier molecular flexibility index (Phi) is 3.60. The first-order chi connectivity index (χ1) is 10.0. The Hall–Kier alpha value is -1.99. The quantitative estimate of drug-likeness (QED) is 0.731. The van der Waals surface area contributed by atoms with Crippen molar-refractivity contribution in [3.05, 3.63) is 51.1 Å². The Bertz CT molecular complexity index is 831. The fourth-order valence-corrected chi connectivity index (χ4v) is 3.13. The molecule has 3 heterocycles. The molecule has 0 atom stereocenters. The maximum Gasteiger partial charge on any atom is 0.258 e. The predicted molar refractivity (Wildman–Crippen MR) is 82.5 cm³/mol. The van der Waals surface area contributed by atoms with E-state index >= 15 is 0 Å². The third-order valence-electron chi connectivity index (χ3n) is 3.34. The van der Waals surface area contributed by atoms with Crippen molar-refractivity contribution in [1.82, 2.24) is 24.1 Å². The van der Waals surface area contributed by atoms with Crippen molar-refractivity contribution >= 4 is 16.3 Å². The molecule has 7 heteroatoms. The van der Waals surface area contributed by atoms with E-state index in [1.165, 1.54) is 16.9 Å². The average molecular weight is 303 g/mol. The minimum Gasteiger partial charge on any atom is -0.296 e. The molecule has 0 aliphatic rings. The molecule has 0 saturated carbocycles. The van der Waals surface area contributed by atoms with Crippen LogP contribution in [0.1, 0.15) is 17.0 Å². The van der Waals surface area contributed by atoms with Crippen molar-refractivity contribution in [3.8, 4) is 0 Å². The molecular weight excluding hydrogens is 286 g/mol. The lowest BCUT2D eigenvalue weighted by Gasteiger charge is -2.15. The number of fused-ring (bicyclic) bond motifs is 1. The fraction of sp³-hybridized carbons (Fsp3) is 0.357. The molecular formula is C14H17N5OS. The van der Waals surface area contributed by atoms with Gasteiger partial charge in [-0.05, 0) is 14.0 Å². The monoisotopic (exact) mass is 303 g/mol. The standard InChI is InChI=1S/C14H17N5OS/c1-10-11(8-18(3)16-10)7-17(2)9-12-6-13(20)19-4-5-21-14(19)15-12/h4-6,8H,7,9H2,1-3H3. The minimum absolute atomic E-state index is 0.0257. The van der Waals surface area contributed by atoms with E-state index in [1.807, 2.05) is 37.3 Å². The second-order valence-electron chi connectivity index (χ2n) is 5.23. The molecule has 21 heavy (non-hydrogen) atoms. The van der Waals surface area contributed by atoms with Gasteiger partial charge >= 0.3 is 0 Å². The molecule has 3 aromatic rings. The normalized spacial score (nSPS) is 11.6. The largest absolute Gasteiger partial charge is 0.296 e. The smallest absolute Gasteiger partial charge is 0.258 e. The molecule has 0 spiro atoms. The third-order valence-corrected chi connectivity index (χ3v) is 4.10. The number of aryl methyl sites for hydroxylation is 2. The molecule has 0 unspecified atom stereocenters. The predicted octanol–water partition coefficient (Wildman–Crippen LogP) is 1.43. The summed E-state index contributed by atoms with van der Waals surface area (Å²) in [5, 5.41) is 6.21. The number of thiazole rings is 1. The van der Waals surface area contributed by atoms with Crippen molar-refractivity contribution in [2.45, 2.75) is 20.0 Å². The van der Waals surface area contributed by atoms with Gasteiger partial charge in [-0.3, -0.25) is 18.8 Å². The van der Waals surface area contributed by atoms with Gasteiger partial charge in [0.05, 0.1) is 11.4 Å². The Morgan fingerprint density at radius 1 is 1.38 bits per heavy atom. The first-order valence-corrected chi connectivity index (χ1v) is 7.54. The summed E-state index contributed by atoms with van der Waals surface area (Å²) in [5.41, 5.74) is 2.99. The van der Waals surface area contributed by atoms with Crippen LogP contribution in [0.3, 0.4) is 0 Å². The molecule has 110 valence electrons. The summed E-state index contributed by atoms with van der Waals surface area (Å²) in [5.74, 6) is 0. The van der Waals surface area contributed by atoms with E-state index in [9.17, 15) is 4.79 Å². The zero-order valence-corrected chi connectivity index (χ0v) is 13.1. The summed E-state index contributed by atoms with van der Waals surface area (Å²) >= 11 is 1.47. The van der Waals surface area contributed by atoms with Gasteiger partial charge in [0, 0.05) is 49.5 Å². The maximum atomic E-state index is 12.0. The second-order valence-corrected chi connectivity index (χ2v) is 6.10. The van der Waals surface area contributed by atoms with Crippen LogP contribution >= 0.6 is 11.3 Å². The number of hydrogen-bond donors (Lipinski definition) is 0. The van der Waals surface area contributed by atoms with Crippen molar-refractivity contribution in [2.75, 3.05) is 7.05 Å². The molecule has 3 aromatic heterocycles. The Balaban J connectivity index is 1.78. The van der Waals surface area contributed by atoms with E-state index in [0.717, 1.165) is 22.9 Å². The van der Waals surface area contributed by atoms with Crippen LogP contribution in [-0.2, 0) is 20.1 Å². The van der Waals surface area contributed by atoms with Gasteiger partial charge in [0.15, 0.2) is 4.96 Å². The highest BCUT2D eigenvalue weighted by molar-refractivity contribution is 7.15. The van der Waals surface area contributed by atoms with Crippen molar-refractivity contribution in [1.29, 1.82) is 0 Å². The molecule has 0 aliphatic heterocycles. The summed E-state index contributed by atoms with van der Waals surface area (Å²) in [4.78, 5) is 19.4. The van der Waals surface area contributed by atoms with Gasteiger partial charge in [0.1, 0.15) is 0 Å². The molecule has 0 aromatic carbocycles. The van der Waals surface area contributed by atoms with Gasteiger partial charge in [-0.1, -0.05) is 0 Å². The molecule has 0 saturated heterocycles. The van der Waals surface area contributed by atoms with Crippen LogP contribution < -0.4 is 5.56 Å². The van der Waals surface area contributed by atoms with E-state index in [0.29, 0.717) is 6.54 Å². The number of aromatic nitrogens is 4. The van der Waals surface area contributed by atoms with Gasteiger partial charge in [0.25, 0.3) is 5.56 Å². The van der Waals surface area contributed by atoms with Gasteiger partial charge in [-0.25, -0.2) is 4.98 Å². The molecule has 0 aliphatic carbocycles. The summed E-state index contributed by atoms with van der Waals surface area (Å²) in [7, 11) is 3.94. The topological polar surface area (TPSA) is 55.4 Å². The maximum absolute atomic E-state index is 12.0. The van der Waals surface area contributed by atoms with Crippen molar-refractivity contribution in [3.63, 3.8) is 0 Å². The Labute approximate surface area is 126 Å². The van der Waals surface area contributed by atoms with E-state index in [4.69, 9.17) is 0 Å².